The van der Waals surface area contributed by atoms with Crippen molar-refractivity contribution in [3.63, 3.8) is 0 Å². The summed E-state index contributed by atoms with van der Waals surface area (Å²) >= 11 is 0. The van der Waals surface area contributed by atoms with Crippen LogP contribution in [0.4, 0.5) is 0 Å². The van der Waals surface area contributed by atoms with E-state index in [0.29, 0.717) is 24.3 Å². The number of carbonyl (C=O) groups is 5. The normalized spacial score (nSPS) is 23.3. The molecule has 1 saturated carbocycles. The summed E-state index contributed by atoms with van der Waals surface area (Å²) in [7, 11) is 0. The molecule has 9 N–H and O–H groups in total. The van der Waals surface area contributed by atoms with Gasteiger partial charge >= 0.3 is 5.97 Å². The minimum absolute atomic E-state index is 0.0641. The summed E-state index contributed by atoms with van der Waals surface area (Å²) in [5.41, 5.74) is -17.2. The fourth-order valence-electron chi connectivity index (χ4n) is 6.93. The molecule has 0 bridgehead atoms. The molecule has 4 aromatic rings. The monoisotopic (exact) mass is 776 g/mol. The Morgan fingerprint density at radius 3 is 1.11 bits per heavy atom. The summed E-state index contributed by atoms with van der Waals surface area (Å²) < 4.78 is 0. The highest BCUT2D eigenvalue weighted by atomic mass is 16.4. The molecule has 0 heterocycles. The summed E-state index contributed by atoms with van der Waals surface area (Å²) in [6.07, 6.45) is 0.493. The van der Waals surface area contributed by atoms with E-state index in [1.165, 1.54) is 97.1 Å². The van der Waals surface area contributed by atoms with Crippen LogP contribution in [0.2, 0.25) is 0 Å². The first-order valence-corrected chi connectivity index (χ1v) is 17.1. The molecule has 2 unspecified atom stereocenters. The number of allylic oxidation sites excluding steroid dienone is 2. The Morgan fingerprint density at radius 2 is 0.789 bits per heavy atom. The molecule has 5 rings (SSSR count). The van der Waals surface area contributed by atoms with Gasteiger partial charge in [-0.15, -0.1) is 0 Å². The second-order valence-electron chi connectivity index (χ2n) is 13.1. The summed E-state index contributed by atoms with van der Waals surface area (Å²) in [5.74, 6) is -11.8. The molecular formula is C43H36O14. The molecule has 0 spiro atoms. The van der Waals surface area contributed by atoms with Crippen molar-refractivity contribution in [1.29, 1.82) is 0 Å². The van der Waals surface area contributed by atoms with E-state index >= 15 is 0 Å². The van der Waals surface area contributed by atoms with E-state index in [-0.39, 0.29) is 22.3 Å². The van der Waals surface area contributed by atoms with Crippen molar-refractivity contribution in [1.82, 2.24) is 0 Å². The third-order valence-electron chi connectivity index (χ3n) is 9.92. The van der Waals surface area contributed by atoms with Gasteiger partial charge in [0.15, 0.2) is 45.4 Å². The van der Waals surface area contributed by atoms with E-state index in [2.05, 4.69) is 0 Å². The van der Waals surface area contributed by atoms with Crippen LogP contribution in [-0.2, 0) is 24.0 Å². The fourth-order valence-corrected chi connectivity index (χ4v) is 6.93. The zero-order chi connectivity index (χ0) is 41.8. The Morgan fingerprint density at radius 1 is 0.491 bits per heavy atom. The first-order chi connectivity index (χ1) is 27.0. The predicted octanol–water partition coefficient (Wildman–Crippen LogP) is 2.97. The number of carbonyl (C=O) groups excluding carboxylic acids is 4. The minimum atomic E-state index is -4.47. The third kappa shape index (κ3) is 6.94. The Bertz CT molecular complexity index is 2310. The zero-order valence-corrected chi connectivity index (χ0v) is 29.7. The Balaban J connectivity index is 1.90. The molecule has 14 heteroatoms. The Hall–Kier alpha value is -6.97. The largest absolute Gasteiger partial charge is 0.507 e. The van der Waals surface area contributed by atoms with Crippen molar-refractivity contribution in [2.45, 2.75) is 29.3 Å². The van der Waals surface area contributed by atoms with Gasteiger partial charge in [0.1, 0.15) is 23.0 Å². The summed E-state index contributed by atoms with van der Waals surface area (Å²) in [6.45, 7) is 0. The molecule has 0 aliphatic heterocycles. The van der Waals surface area contributed by atoms with Gasteiger partial charge in [-0.3, -0.25) is 19.2 Å². The van der Waals surface area contributed by atoms with Crippen LogP contribution in [0.25, 0.3) is 24.3 Å². The van der Waals surface area contributed by atoms with Gasteiger partial charge in [0.2, 0.25) is 0 Å². The lowest BCUT2D eigenvalue weighted by molar-refractivity contribution is -0.283. The summed E-state index contributed by atoms with van der Waals surface area (Å²) in [4.78, 5) is 72.2. The average molecular weight is 777 g/mol. The van der Waals surface area contributed by atoms with Crippen LogP contribution in [-0.4, -0.2) is 98.0 Å². The molecule has 14 nitrogen and oxygen atoms in total. The van der Waals surface area contributed by atoms with Crippen LogP contribution in [0.5, 0.6) is 23.0 Å². The fraction of sp³-hybridized carbons (Fsp3) is 0.140. The number of carboxylic acid groups (broad SMARTS) is 1. The van der Waals surface area contributed by atoms with E-state index < -0.39 is 86.8 Å². The predicted molar refractivity (Wildman–Crippen MR) is 204 cm³/mol. The van der Waals surface area contributed by atoms with Gasteiger partial charge in [-0.05, 0) is 72.9 Å². The van der Waals surface area contributed by atoms with Gasteiger partial charge in [0, 0.05) is 28.7 Å². The van der Waals surface area contributed by atoms with Crippen LogP contribution >= 0.6 is 0 Å². The van der Waals surface area contributed by atoms with E-state index in [0.717, 1.165) is 24.3 Å². The number of aromatic hydroxyl groups is 4. The number of hydrogen-bond donors (Lipinski definition) is 9. The highest BCUT2D eigenvalue weighted by Crippen LogP contribution is 2.58. The molecule has 292 valence electrons. The Labute approximate surface area is 324 Å². The van der Waals surface area contributed by atoms with Crippen molar-refractivity contribution in [2.75, 3.05) is 0 Å². The van der Waals surface area contributed by atoms with E-state index in [1.807, 2.05) is 0 Å². The van der Waals surface area contributed by atoms with E-state index in [1.54, 1.807) is 0 Å². The SMILES string of the molecule is O=C(O)C1(O)C[C@@H](O)C(O)(C(=O)/C=C/c2ccccc2O)[C@@](O)(C(=O)/C=C/c2ccccc2O)C1(C(=O)/C=C/c1ccccc1O)C(=O)/C=C/c1ccccc1O. The number of phenolic OH excluding ortho intramolecular Hbond substituents is 4. The van der Waals surface area contributed by atoms with E-state index in [4.69, 9.17) is 0 Å². The second-order valence-corrected chi connectivity index (χ2v) is 13.1. The zero-order valence-electron chi connectivity index (χ0n) is 29.7. The third-order valence-corrected chi connectivity index (χ3v) is 9.92. The first-order valence-electron chi connectivity index (χ1n) is 17.1. The molecule has 0 amide bonds. The van der Waals surface area contributed by atoms with Gasteiger partial charge < -0.3 is 46.0 Å². The lowest BCUT2D eigenvalue weighted by Gasteiger charge is -2.60. The number of aliphatic hydroxyl groups is 4. The van der Waals surface area contributed by atoms with Crippen molar-refractivity contribution in [3.05, 3.63) is 144 Å². The minimum Gasteiger partial charge on any atom is -0.507 e. The molecule has 0 saturated heterocycles. The van der Waals surface area contributed by atoms with Crippen molar-refractivity contribution >= 4 is 53.4 Å². The van der Waals surface area contributed by atoms with E-state index in [9.17, 15) is 69.9 Å². The molecule has 1 aliphatic carbocycles. The average Bonchev–Trinajstić information content (AvgIpc) is 3.18. The van der Waals surface area contributed by atoms with Crippen molar-refractivity contribution in [2.24, 2.45) is 5.41 Å². The molecule has 0 aromatic heterocycles. The van der Waals surface area contributed by atoms with Gasteiger partial charge in [-0.2, -0.15) is 0 Å². The number of benzene rings is 4. The van der Waals surface area contributed by atoms with Crippen LogP contribution in [0, 0.1) is 5.41 Å². The van der Waals surface area contributed by atoms with Crippen LogP contribution in [0.1, 0.15) is 28.7 Å². The highest BCUT2D eigenvalue weighted by Gasteiger charge is 2.86. The number of aliphatic hydroxyl groups excluding tert-OH is 1. The maximum absolute atomic E-state index is 14.9. The quantitative estimate of drug-likeness (QED) is 0.0698. The molecule has 1 fully saturated rings. The number of ketones is 4. The number of carboxylic acids is 1. The highest BCUT2D eigenvalue weighted by molar-refractivity contribution is 6.28. The molecule has 4 atom stereocenters. The molecule has 1 aliphatic rings. The number of aliphatic carboxylic acids is 1. The number of hydrogen-bond acceptors (Lipinski definition) is 13. The second kappa shape index (κ2) is 16.0. The number of para-hydroxylation sites is 4. The summed E-state index contributed by atoms with van der Waals surface area (Å²) in [6, 6.07) is 21.3. The number of phenols is 4. The van der Waals surface area contributed by atoms with Crippen molar-refractivity contribution < 1.29 is 69.9 Å². The van der Waals surface area contributed by atoms with Gasteiger partial charge in [0.25, 0.3) is 0 Å². The summed E-state index contributed by atoms with van der Waals surface area (Å²) in [5, 5.41) is 101. The standard InChI is InChI=1S/C43H36O14/c44-30-13-5-1-9-26(30)17-21-34(48)41(35(49)22-18-27-10-2-6-14-31(27)45)40(55,39(53)54)25-38(52)42(56,36(50)23-19-28-11-3-7-15-32(28)46)43(41,57)37(51)24-20-29-12-4-8-16-33(29)47/h1-24,38,44-47,52,55-57H,25H2,(H,53,54)/b21-17+,22-18+,23-19+,24-20+/t38-,40?,42?,43-/m1/s1. The van der Waals surface area contributed by atoms with Gasteiger partial charge in [-0.25, -0.2) is 4.79 Å². The maximum atomic E-state index is 14.9. The topological polar surface area (TPSA) is 267 Å². The van der Waals surface area contributed by atoms with Gasteiger partial charge in [0.05, 0.1) is 6.10 Å². The molecule has 57 heavy (non-hydrogen) atoms. The maximum Gasteiger partial charge on any atom is 0.337 e. The molecule has 4 aromatic carbocycles. The van der Waals surface area contributed by atoms with Crippen LogP contribution in [0.15, 0.2) is 121 Å². The molecule has 0 radical (unpaired) electrons. The smallest absolute Gasteiger partial charge is 0.337 e. The molecular weight excluding hydrogens is 740 g/mol. The first kappa shape index (κ1) is 41.2. The number of rotatable bonds is 13. The Kier molecular flexibility index (Phi) is 11.6. The van der Waals surface area contributed by atoms with Gasteiger partial charge in [-0.1, -0.05) is 72.8 Å². The van der Waals surface area contributed by atoms with Crippen LogP contribution in [0.3, 0.4) is 0 Å². The lowest BCUT2D eigenvalue weighted by atomic mass is 9.44. The van der Waals surface area contributed by atoms with Crippen LogP contribution < -0.4 is 0 Å². The lowest BCUT2D eigenvalue weighted by Crippen LogP contribution is -2.87. The van der Waals surface area contributed by atoms with Crippen molar-refractivity contribution in [3.8, 4) is 23.0 Å².